The normalized spacial score (nSPS) is 20.6. The van der Waals surface area contributed by atoms with E-state index in [1.54, 1.807) is 7.05 Å². The zero-order valence-electron chi connectivity index (χ0n) is 9.31. The molecule has 0 aromatic heterocycles. The molecule has 1 unspecified atom stereocenters. The summed E-state index contributed by atoms with van der Waals surface area (Å²) in [6.45, 7) is 3.87. The van der Waals surface area contributed by atoms with Crippen LogP contribution in [0.3, 0.4) is 0 Å². The second-order valence-corrected chi connectivity index (χ2v) is 3.67. The number of likely N-dealkylation sites (N-methyl/N-ethyl adjacent to an activating group) is 1. The summed E-state index contributed by atoms with van der Waals surface area (Å²) >= 11 is 0. The number of methoxy groups -OCH3 is 1. The molecule has 0 aliphatic carbocycles. The molecule has 1 rings (SSSR count). The summed E-state index contributed by atoms with van der Waals surface area (Å²) in [7, 11) is 2.82. The van der Waals surface area contributed by atoms with Crippen molar-refractivity contribution in [2.75, 3.05) is 14.2 Å². The van der Waals surface area contributed by atoms with Crippen molar-refractivity contribution in [1.29, 1.82) is 0 Å². The molecule has 1 amide bonds. The monoisotopic (exact) mass is 213 g/mol. The number of hydrogen-bond acceptors (Lipinski definition) is 4. The van der Waals surface area contributed by atoms with Gasteiger partial charge in [0.25, 0.3) is 0 Å². The van der Waals surface area contributed by atoms with E-state index < -0.39 is 12.4 Å². The molecule has 0 bridgehead atoms. The van der Waals surface area contributed by atoms with Gasteiger partial charge in [-0.05, 0) is 11.5 Å². The standard InChI is InChI=1S/C10H15NO4/c1-6(2)7-5-8(12)11(3)9(7)15-10(13)14-4/h5-6,9H,1-4H3. The lowest BCUT2D eigenvalue weighted by atomic mass is 10.0. The fourth-order valence-corrected chi connectivity index (χ4v) is 1.39. The first-order valence-electron chi connectivity index (χ1n) is 4.70. The summed E-state index contributed by atoms with van der Waals surface area (Å²) in [5.74, 6) is -0.0128. The highest BCUT2D eigenvalue weighted by Gasteiger charge is 2.34. The predicted octanol–water partition coefficient (Wildman–Crippen LogP) is 1.15. The molecule has 1 atom stereocenters. The van der Waals surface area contributed by atoms with Gasteiger partial charge >= 0.3 is 6.16 Å². The molecule has 0 saturated carbocycles. The van der Waals surface area contributed by atoms with Crippen molar-refractivity contribution in [3.8, 4) is 0 Å². The highest BCUT2D eigenvalue weighted by molar-refractivity contribution is 5.91. The van der Waals surface area contributed by atoms with Gasteiger partial charge < -0.3 is 14.4 Å². The third-order valence-electron chi connectivity index (χ3n) is 2.32. The Hall–Kier alpha value is -1.52. The zero-order chi connectivity index (χ0) is 11.6. The van der Waals surface area contributed by atoms with E-state index in [2.05, 4.69) is 4.74 Å². The first kappa shape index (κ1) is 11.6. The quantitative estimate of drug-likeness (QED) is 0.646. The average molecular weight is 213 g/mol. The van der Waals surface area contributed by atoms with Crippen LogP contribution in [0.15, 0.2) is 11.6 Å². The van der Waals surface area contributed by atoms with Crippen molar-refractivity contribution in [3.63, 3.8) is 0 Å². The van der Waals surface area contributed by atoms with Gasteiger partial charge in [-0.2, -0.15) is 0 Å². The summed E-state index contributed by atoms with van der Waals surface area (Å²) in [5, 5.41) is 0. The SMILES string of the molecule is COC(=O)OC1C(C(C)C)=CC(=O)N1C. The third kappa shape index (κ3) is 2.29. The van der Waals surface area contributed by atoms with E-state index >= 15 is 0 Å². The maximum absolute atomic E-state index is 11.4. The van der Waals surface area contributed by atoms with Crippen LogP contribution < -0.4 is 0 Å². The third-order valence-corrected chi connectivity index (χ3v) is 2.32. The molecule has 1 aliphatic rings. The lowest BCUT2D eigenvalue weighted by Crippen LogP contribution is -2.36. The van der Waals surface area contributed by atoms with Crippen LogP contribution in [0, 0.1) is 5.92 Å². The molecule has 84 valence electrons. The Morgan fingerprint density at radius 2 is 2.13 bits per heavy atom. The second kappa shape index (κ2) is 4.33. The van der Waals surface area contributed by atoms with Crippen LogP contribution in [-0.4, -0.2) is 37.3 Å². The maximum atomic E-state index is 11.4. The molecule has 0 saturated heterocycles. The van der Waals surface area contributed by atoms with Crippen molar-refractivity contribution in [3.05, 3.63) is 11.6 Å². The molecule has 15 heavy (non-hydrogen) atoms. The molecule has 0 radical (unpaired) electrons. The number of rotatable bonds is 2. The number of ether oxygens (including phenoxy) is 2. The smallest absolute Gasteiger partial charge is 0.438 e. The number of carbonyl (C=O) groups is 2. The highest BCUT2D eigenvalue weighted by atomic mass is 16.7. The van der Waals surface area contributed by atoms with E-state index in [9.17, 15) is 9.59 Å². The van der Waals surface area contributed by atoms with Crippen molar-refractivity contribution in [2.24, 2.45) is 5.92 Å². The number of hydrogen-bond donors (Lipinski definition) is 0. The second-order valence-electron chi connectivity index (χ2n) is 3.67. The molecular weight excluding hydrogens is 198 g/mol. The predicted molar refractivity (Wildman–Crippen MR) is 53.0 cm³/mol. The Morgan fingerprint density at radius 3 is 2.60 bits per heavy atom. The summed E-state index contributed by atoms with van der Waals surface area (Å²) < 4.78 is 9.39. The van der Waals surface area contributed by atoms with Gasteiger partial charge in [0.1, 0.15) is 0 Å². The Balaban J connectivity index is 2.81. The van der Waals surface area contributed by atoms with Crippen LogP contribution in [0.1, 0.15) is 13.8 Å². The van der Waals surface area contributed by atoms with E-state index in [4.69, 9.17) is 4.74 Å². The molecule has 0 aromatic rings. The summed E-state index contributed by atoms with van der Waals surface area (Å²) in [4.78, 5) is 23.7. The van der Waals surface area contributed by atoms with Crippen LogP contribution in [-0.2, 0) is 14.3 Å². The molecule has 1 heterocycles. The highest BCUT2D eigenvalue weighted by Crippen LogP contribution is 2.25. The van der Waals surface area contributed by atoms with Crippen molar-refractivity contribution in [1.82, 2.24) is 4.90 Å². The first-order chi connectivity index (χ1) is 6.97. The van der Waals surface area contributed by atoms with E-state index in [1.165, 1.54) is 18.1 Å². The minimum Gasteiger partial charge on any atom is -0.438 e. The zero-order valence-corrected chi connectivity index (χ0v) is 9.31. The molecule has 0 aromatic carbocycles. The van der Waals surface area contributed by atoms with Gasteiger partial charge in [-0.3, -0.25) is 4.79 Å². The van der Waals surface area contributed by atoms with Gasteiger partial charge in [0.05, 0.1) is 7.11 Å². The number of nitrogens with zero attached hydrogens (tertiary/aromatic N) is 1. The topological polar surface area (TPSA) is 55.8 Å². The van der Waals surface area contributed by atoms with E-state index in [0.29, 0.717) is 0 Å². The van der Waals surface area contributed by atoms with Crippen LogP contribution in [0.2, 0.25) is 0 Å². The average Bonchev–Trinajstić information content (AvgIpc) is 2.46. The lowest BCUT2D eigenvalue weighted by Gasteiger charge is -2.23. The fourth-order valence-electron chi connectivity index (χ4n) is 1.39. The van der Waals surface area contributed by atoms with Gasteiger partial charge in [-0.1, -0.05) is 13.8 Å². The molecule has 5 nitrogen and oxygen atoms in total. The lowest BCUT2D eigenvalue weighted by molar-refractivity contribution is -0.130. The van der Waals surface area contributed by atoms with Gasteiger partial charge in [0.2, 0.25) is 12.1 Å². The fraction of sp³-hybridized carbons (Fsp3) is 0.600. The number of amides is 1. The molecule has 0 fully saturated rings. The maximum Gasteiger partial charge on any atom is 0.510 e. The van der Waals surface area contributed by atoms with Crippen molar-refractivity contribution >= 4 is 12.1 Å². The van der Waals surface area contributed by atoms with E-state index in [0.717, 1.165) is 5.57 Å². The molecule has 0 spiro atoms. The van der Waals surface area contributed by atoms with Crippen LogP contribution in [0.5, 0.6) is 0 Å². The first-order valence-corrected chi connectivity index (χ1v) is 4.70. The Bertz CT molecular complexity index is 309. The Morgan fingerprint density at radius 1 is 1.53 bits per heavy atom. The van der Waals surface area contributed by atoms with Crippen LogP contribution >= 0.6 is 0 Å². The Labute approximate surface area is 88.6 Å². The van der Waals surface area contributed by atoms with Crippen molar-refractivity contribution < 1.29 is 19.1 Å². The number of carbonyl (C=O) groups excluding carboxylic acids is 2. The van der Waals surface area contributed by atoms with Gasteiger partial charge in [0.15, 0.2) is 0 Å². The van der Waals surface area contributed by atoms with Crippen molar-refractivity contribution in [2.45, 2.75) is 20.1 Å². The largest absolute Gasteiger partial charge is 0.510 e. The van der Waals surface area contributed by atoms with Gasteiger partial charge in [-0.15, -0.1) is 0 Å². The minimum absolute atomic E-state index is 0.147. The van der Waals surface area contributed by atoms with Crippen LogP contribution in [0.25, 0.3) is 0 Å². The van der Waals surface area contributed by atoms with Gasteiger partial charge in [0, 0.05) is 13.1 Å². The summed E-state index contributed by atoms with van der Waals surface area (Å²) in [6, 6.07) is 0. The minimum atomic E-state index is -0.784. The molecule has 0 N–H and O–H groups in total. The molecular formula is C10H15NO4. The molecule has 5 heteroatoms. The van der Waals surface area contributed by atoms with E-state index in [-0.39, 0.29) is 11.8 Å². The Kier molecular flexibility index (Phi) is 3.34. The summed E-state index contributed by atoms with van der Waals surface area (Å²) in [6.07, 6.45) is 0.0798. The van der Waals surface area contributed by atoms with Crippen LogP contribution in [0.4, 0.5) is 4.79 Å². The van der Waals surface area contributed by atoms with Gasteiger partial charge in [-0.25, -0.2) is 4.79 Å². The summed E-state index contributed by atoms with van der Waals surface area (Å²) in [5.41, 5.74) is 0.785. The van der Waals surface area contributed by atoms with E-state index in [1.807, 2.05) is 13.8 Å². The molecule has 1 aliphatic heterocycles.